The molecular formula is C9H5ClIN. The summed E-state index contributed by atoms with van der Waals surface area (Å²) < 4.78 is 1.03. The molecule has 0 aromatic heterocycles. The summed E-state index contributed by atoms with van der Waals surface area (Å²) in [6.07, 6.45) is 0. The fraction of sp³-hybridized carbons (Fsp3) is 0. The minimum absolute atomic E-state index is 0.594. The normalized spacial score (nSPS) is 10.5. The standard InChI is InChI=1S/C9H5ClIN/c10-9-8(11)6-4-2-1-3-5-7(6)12-9/h1-5H. The summed E-state index contributed by atoms with van der Waals surface area (Å²) in [6, 6.07) is 9.91. The number of hydrogen-bond donors (Lipinski definition) is 0. The number of halogens is 2. The molecule has 0 unspecified atom stereocenters. The van der Waals surface area contributed by atoms with E-state index in [1.54, 1.807) is 0 Å². The number of nitrogens with zero attached hydrogens (tertiary/aromatic N) is 1. The first-order valence-corrected chi connectivity index (χ1v) is 4.94. The molecule has 2 aliphatic rings. The van der Waals surface area contributed by atoms with Crippen LogP contribution in [0.4, 0.5) is 0 Å². The lowest BCUT2D eigenvalue weighted by Gasteiger charge is -1.87. The van der Waals surface area contributed by atoms with Crippen molar-refractivity contribution in [2.75, 3.05) is 0 Å². The first-order valence-electron chi connectivity index (χ1n) is 3.49. The van der Waals surface area contributed by atoms with Crippen LogP contribution in [0.25, 0.3) is 11.3 Å². The highest BCUT2D eigenvalue weighted by atomic mass is 127. The zero-order valence-corrected chi connectivity index (χ0v) is 9.00. The summed E-state index contributed by atoms with van der Waals surface area (Å²) >= 11 is 8.08. The van der Waals surface area contributed by atoms with Crippen molar-refractivity contribution in [1.29, 1.82) is 0 Å². The van der Waals surface area contributed by atoms with Gasteiger partial charge in [0.25, 0.3) is 0 Å². The molecule has 0 amide bonds. The second-order valence-electron chi connectivity index (χ2n) is 2.43. The minimum Gasteiger partial charge on any atom is -0.235 e. The molecule has 0 N–H and O–H groups in total. The van der Waals surface area contributed by atoms with Crippen LogP contribution in [0, 0.1) is 3.57 Å². The number of hydrogen-bond acceptors (Lipinski definition) is 1. The molecular weight excluding hydrogens is 284 g/mol. The Morgan fingerprint density at radius 1 is 1.17 bits per heavy atom. The molecule has 0 saturated carbocycles. The molecule has 1 nitrogen and oxygen atoms in total. The maximum Gasteiger partial charge on any atom is 0.143 e. The Hall–Kier alpha value is -0.350. The molecule has 0 aromatic rings. The largest absolute Gasteiger partial charge is 0.235 e. The van der Waals surface area contributed by atoms with E-state index in [4.69, 9.17) is 11.6 Å². The lowest BCUT2D eigenvalue weighted by molar-refractivity contribution is 1.41. The van der Waals surface area contributed by atoms with Gasteiger partial charge in [-0.25, -0.2) is 4.98 Å². The predicted molar refractivity (Wildman–Crippen MR) is 58.6 cm³/mol. The van der Waals surface area contributed by atoms with E-state index in [-0.39, 0.29) is 0 Å². The molecule has 0 radical (unpaired) electrons. The average Bonchev–Trinajstić information content (AvgIpc) is 2.30. The molecule has 60 valence electrons. The van der Waals surface area contributed by atoms with Crippen molar-refractivity contribution < 1.29 is 0 Å². The Balaban J connectivity index is 2.79. The molecule has 0 saturated heterocycles. The average molecular weight is 290 g/mol. The van der Waals surface area contributed by atoms with Crippen LogP contribution in [0.5, 0.6) is 0 Å². The van der Waals surface area contributed by atoms with Gasteiger partial charge in [-0.3, -0.25) is 0 Å². The highest BCUT2D eigenvalue weighted by Gasteiger charge is 2.11. The summed E-state index contributed by atoms with van der Waals surface area (Å²) in [5, 5.41) is 0.594. The van der Waals surface area contributed by atoms with Crippen molar-refractivity contribution in [1.82, 2.24) is 4.98 Å². The maximum absolute atomic E-state index is 5.88. The van der Waals surface area contributed by atoms with Crippen molar-refractivity contribution >= 4 is 34.2 Å². The number of rotatable bonds is 0. The Bertz CT molecular complexity index is 389. The van der Waals surface area contributed by atoms with Crippen molar-refractivity contribution in [2.24, 2.45) is 0 Å². The molecule has 3 heteroatoms. The van der Waals surface area contributed by atoms with Gasteiger partial charge < -0.3 is 0 Å². The van der Waals surface area contributed by atoms with Crippen LogP contribution in [-0.2, 0) is 0 Å². The Kier molecular flexibility index (Phi) is 2.19. The predicted octanol–water partition coefficient (Wildman–Crippen LogP) is 3.44. The SMILES string of the molecule is Clc1nc2cccccc-2c1I. The van der Waals surface area contributed by atoms with E-state index in [0.717, 1.165) is 14.8 Å². The van der Waals surface area contributed by atoms with E-state index in [9.17, 15) is 0 Å². The van der Waals surface area contributed by atoms with Gasteiger partial charge in [0.15, 0.2) is 0 Å². The van der Waals surface area contributed by atoms with E-state index in [1.165, 1.54) is 0 Å². The summed E-state index contributed by atoms with van der Waals surface area (Å²) in [7, 11) is 0. The van der Waals surface area contributed by atoms with Crippen LogP contribution in [0.2, 0.25) is 5.15 Å². The van der Waals surface area contributed by atoms with Gasteiger partial charge in [-0.1, -0.05) is 35.9 Å². The second kappa shape index (κ2) is 3.18. The van der Waals surface area contributed by atoms with Gasteiger partial charge in [0.05, 0.1) is 9.26 Å². The van der Waals surface area contributed by atoms with Crippen LogP contribution in [-0.4, -0.2) is 4.98 Å². The molecule has 0 spiro atoms. The third-order valence-electron chi connectivity index (χ3n) is 1.65. The zero-order chi connectivity index (χ0) is 8.55. The fourth-order valence-electron chi connectivity index (χ4n) is 1.09. The smallest absolute Gasteiger partial charge is 0.143 e. The van der Waals surface area contributed by atoms with E-state index in [2.05, 4.69) is 27.6 Å². The maximum atomic E-state index is 5.88. The molecule has 0 fully saturated rings. The lowest BCUT2D eigenvalue weighted by Crippen LogP contribution is -1.68. The Morgan fingerprint density at radius 3 is 2.75 bits per heavy atom. The van der Waals surface area contributed by atoms with Crippen LogP contribution in [0.1, 0.15) is 0 Å². The molecule has 0 bridgehead atoms. The van der Waals surface area contributed by atoms with Crippen LogP contribution in [0.15, 0.2) is 30.3 Å². The third-order valence-corrected chi connectivity index (χ3v) is 3.34. The zero-order valence-electron chi connectivity index (χ0n) is 6.09. The molecule has 0 atom stereocenters. The van der Waals surface area contributed by atoms with Crippen molar-refractivity contribution in [3.05, 3.63) is 39.1 Å². The van der Waals surface area contributed by atoms with Crippen molar-refractivity contribution in [2.45, 2.75) is 0 Å². The third kappa shape index (κ3) is 1.29. The quantitative estimate of drug-likeness (QED) is 0.677. The first kappa shape index (κ1) is 8.26. The second-order valence-corrected chi connectivity index (χ2v) is 3.86. The molecule has 1 aliphatic heterocycles. The monoisotopic (exact) mass is 289 g/mol. The number of fused-ring (bicyclic) bond motifs is 1. The van der Waals surface area contributed by atoms with Gasteiger partial charge in [0.1, 0.15) is 5.15 Å². The molecule has 1 aliphatic carbocycles. The van der Waals surface area contributed by atoms with E-state index in [1.807, 2.05) is 30.3 Å². The van der Waals surface area contributed by atoms with Gasteiger partial charge >= 0.3 is 0 Å². The molecule has 12 heavy (non-hydrogen) atoms. The van der Waals surface area contributed by atoms with E-state index in [0.29, 0.717) is 5.15 Å². The van der Waals surface area contributed by atoms with E-state index < -0.39 is 0 Å². The van der Waals surface area contributed by atoms with E-state index >= 15 is 0 Å². The topological polar surface area (TPSA) is 12.9 Å². The Labute approximate surface area is 89.3 Å². The van der Waals surface area contributed by atoms with Crippen LogP contribution >= 0.6 is 34.2 Å². The van der Waals surface area contributed by atoms with Gasteiger partial charge in [-0.15, -0.1) is 0 Å². The first-order chi connectivity index (χ1) is 5.79. The van der Waals surface area contributed by atoms with Gasteiger partial charge in [-0.2, -0.15) is 0 Å². The Morgan fingerprint density at radius 2 is 1.92 bits per heavy atom. The van der Waals surface area contributed by atoms with Crippen LogP contribution in [0.3, 0.4) is 0 Å². The van der Waals surface area contributed by atoms with Crippen molar-refractivity contribution in [3.63, 3.8) is 0 Å². The summed E-state index contributed by atoms with van der Waals surface area (Å²) in [5.74, 6) is 0. The van der Waals surface area contributed by atoms with Gasteiger partial charge in [0.2, 0.25) is 0 Å². The minimum atomic E-state index is 0.594. The summed E-state index contributed by atoms with van der Waals surface area (Å²) in [5.41, 5.74) is 2.07. The lowest BCUT2D eigenvalue weighted by atomic mass is 10.2. The highest BCUT2D eigenvalue weighted by molar-refractivity contribution is 14.1. The van der Waals surface area contributed by atoms with Crippen LogP contribution < -0.4 is 0 Å². The number of aromatic nitrogens is 1. The highest BCUT2D eigenvalue weighted by Crippen LogP contribution is 2.31. The molecule has 2 rings (SSSR count). The van der Waals surface area contributed by atoms with Crippen molar-refractivity contribution in [3.8, 4) is 11.3 Å². The fourth-order valence-corrected chi connectivity index (χ4v) is 1.86. The molecule has 0 aromatic carbocycles. The molecule has 1 heterocycles. The summed E-state index contributed by atoms with van der Waals surface area (Å²) in [6.45, 7) is 0. The van der Waals surface area contributed by atoms with Gasteiger partial charge in [-0.05, 0) is 28.7 Å². The summed E-state index contributed by atoms with van der Waals surface area (Å²) in [4.78, 5) is 4.21. The van der Waals surface area contributed by atoms with Gasteiger partial charge in [0, 0.05) is 5.56 Å².